The van der Waals surface area contributed by atoms with E-state index in [0.29, 0.717) is 6.54 Å². The Hall–Kier alpha value is -1.99. The lowest BCUT2D eigenvalue weighted by molar-refractivity contribution is -0.117. The molecular formula is C14H15N3O3S. The highest BCUT2D eigenvalue weighted by Crippen LogP contribution is 2.31. The third-order valence-corrected chi connectivity index (χ3v) is 4.56. The van der Waals surface area contributed by atoms with Gasteiger partial charge in [0.1, 0.15) is 0 Å². The number of anilines is 1. The predicted octanol–water partition coefficient (Wildman–Crippen LogP) is 0.876. The highest BCUT2D eigenvalue weighted by Gasteiger charge is 2.33. The first-order chi connectivity index (χ1) is 9.94. The lowest BCUT2D eigenvalue weighted by Crippen LogP contribution is -2.27. The first kappa shape index (κ1) is 14.0. The van der Waals surface area contributed by atoms with E-state index in [-0.39, 0.29) is 24.0 Å². The minimum Gasteiger partial charge on any atom is -0.311 e. The molecule has 21 heavy (non-hydrogen) atoms. The normalized spacial score (nSPS) is 19.4. The van der Waals surface area contributed by atoms with Crippen LogP contribution in [-0.2, 0) is 14.8 Å². The van der Waals surface area contributed by atoms with E-state index in [1.54, 1.807) is 17.3 Å². The Morgan fingerprint density at radius 3 is 2.90 bits per heavy atom. The van der Waals surface area contributed by atoms with Gasteiger partial charge in [0, 0.05) is 36.7 Å². The summed E-state index contributed by atoms with van der Waals surface area (Å²) in [5, 5.41) is 6.94. The van der Waals surface area contributed by atoms with Crippen LogP contribution in [0.3, 0.4) is 0 Å². The maximum Gasteiger partial charge on any atom is 0.227 e. The van der Waals surface area contributed by atoms with Crippen molar-refractivity contribution in [2.75, 3.05) is 17.2 Å². The summed E-state index contributed by atoms with van der Waals surface area (Å²) in [5.41, 5.74) is 0.766. The molecule has 1 atom stereocenters. The Morgan fingerprint density at radius 1 is 1.33 bits per heavy atom. The number of nitrogens with zero attached hydrogens (tertiary/aromatic N) is 2. The van der Waals surface area contributed by atoms with Crippen molar-refractivity contribution in [3.8, 4) is 0 Å². The van der Waals surface area contributed by atoms with Crippen LogP contribution >= 0.6 is 0 Å². The van der Waals surface area contributed by atoms with E-state index in [1.165, 1.54) is 0 Å². The van der Waals surface area contributed by atoms with Gasteiger partial charge in [0.2, 0.25) is 15.9 Å². The van der Waals surface area contributed by atoms with Crippen LogP contribution in [0.15, 0.2) is 36.7 Å². The van der Waals surface area contributed by atoms with Crippen molar-refractivity contribution < 1.29 is 13.2 Å². The summed E-state index contributed by atoms with van der Waals surface area (Å²) >= 11 is 0. The van der Waals surface area contributed by atoms with E-state index in [4.69, 9.17) is 5.14 Å². The van der Waals surface area contributed by atoms with Crippen LogP contribution in [-0.4, -0.2) is 31.6 Å². The van der Waals surface area contributed by atoms with Crippen LogP contribution in [0.1, 0.15) is 6.42 Å². The average molecular weight is 305 g/mol. The molecule has 0 saturated carbocycles. The summed E-state index contributed by atoms with van der Waals surface area (Å²) < 4.78 is 22.4. The smallest absolute Gasteiger partial charge is 0.227 e. The molecule has 1 aromatic carbocycles. The number of amides is 1. The zero-order chi connectivity index (χ0) is 15.0. The van der Waals surface area contributed by atoms with E-state index >= 15 is 0 Å². The summed E-state index contributed by atoms with van der Waals surface area (Å²) in [6, 6.07) is 7.54. The Morgan fingerprint density at radius 2 is 2.14 bits per heavy atom. The van der Waals surface area contributed by atoms with E-state index in [1.807, 2.05) is 24.3 Å². The van der Waals surface area contributed by atoms with Gasteiger partial charge in [-0.3, -0.25) is 9.78 Å². The van der Waals surface area contributed by atoms with Crippen molar-refractivity contribution in [2.45, 2.75) is 6.42 Å². The first-order valence-electron chi connectivity index (χ1n) is 6.57. The molecule has 6 nitrogen and oxygen atoms in total. The monoisotopic (exact) mass is 305 g/mol. The van der Waals surface area contributed by atoms with Gasteiger partial charge in [-0.2, -0.15) is 0 Å². The summed E-state index contributed by atoms with van der Waals surface area (Å²) in [6.07, 6.45) is 3.61. The van der Waals surface area contributed by atoms with Crippen LogP contribution < -0.4 is 10.0 Å². The summed E-state index contributed by atoms with van der Waals surface area (Å²) in [7, 11) is -3.57. The number of hydrogen-bond acceptors (Lipinski definition) is 4. The second-order valence-corrected chi connectivity index (χ2v) is 6.94. The van der Waals surface area contributed by atoms with Crippen LogP contribution in [0.2, 0.25) is 0 Å². The number of nitrogens with two attached hydrogens (primary N) is 1. The fourth-order valence-corrected chi connectivity index (χ4v) is 3.67. The van der Waals surface area contributed by atoms with E-state index in [9.17, 15) is 13.2 Å². The van der Waals surface area contributed by atoms with Crippen molar-refractivity contribution in [3.05, 3.63) is 36.7 Å². The number of carbonyl (C=O) groups excluding carboxylic acids is 1. The lowest BCUT2D eigenvalue weighted by atomic mass is 10.1. The van der Waals surface area contributed by atoms with Gasteiger partial charge < -0.3 is 4.90 Å². The zero-order valence-corrected chi connectivity index (χ0v) is 12.1. The molecule has 1 aliphatic rings. The number of rotatable bonds is 3. The molecule has 2 heterocycles. The molecule has 7 heteroatoms. The van der Waals surface area contributed by atoms with Gasteiger partial charge in [-0.25, -0.2) is 13.6 Å². The number of hydrogen-bond donors (Lipinski definition) is 1. The molecule has 1 aromatic heterocycles. The highest BCUT2D eigenvalue weighted by atomic mass is 32.2. The maximum absolute atomic E-state index is 12.2. The SMILES string of the molecule is NS(=O)(=O)CC1CC(=O)N(c2cccc3ccncc23)C1. The second kappa shape index (κ2) is 5.09. The number of primary sulfonamides is 1. The predicted molar refractivity (Wildman–Crippen MR) is 80.2 cm³/mol. The summed E-state index contributed by atoms with van der Waals surface area (Å²) in [6.45, 7) is 0.364. The minimum atomic E-state index is -3.57. The standard InChI is InChI=1S/C14H15N3O3S/c15-21(19,20)9-10-6-14(18)17(8-10)13-3-1-2-11-4-5-16-7-12(11)13/h1-5,7,10H,6,8-9H2,(H2,15,19,20). The fourth-order valence-electron chi connectivity index (χ4n) is 2.79. The summed E-state index contributed by atoms with van der Waals surface area (Å²) in [4.78, 5) is 17.9. The van der Waals surface area contributed by atoms with Crippen LogP contribution in [0.25, 0.3) is 10.8 Å². The van der Waals surface area contributed by atoms with Gasteiger partial charge in [0.25, 0.3) is 0 Å². The van der Waals surface area contributed by atoms with Crippen molar-refractivity contribution in [2.24, 2.45) is 11.1 Å². The van der Waals surface area contributed by atoms with Gasteiger partial charge >= 0.3 is 0 Å². The van der Waals surface area contributed by atoms with Gasteiger partial charge in [-0.15, -0.1) is 0 Å². The Labute approximate surface area is 122 Å². The number of sulfonamides is 1. The van der Waals surface area contributed by atoms with Crippen molar-refractivity contribution in [1.82, 2.24) is 4.98 Å². The molecule has 1 unspecified atom stereocenters. The van der Waals surface area contributed by atoms with Crippen LogP contribution in [0, 0.1) is 5.92 Å². The number of fused-ring (bicyclic) bond motifs is 1. The molecule has 0 bridgehead atoms. The molecule has 2 aromatic rings. The quantitative estimate of drug-likeness (QED) is 0.910. The van der Waals surface area contributed by atoms with E-state index in [0.717, 1.165) is 16.5 Å². The molecule has 2 N–H and O–H groups in total. The van der Waals surface area contributed by atoms with Gasteiger partial charge in [0.15, 0.2) is 0 Å². The average Bonchev–Trinajstić information content (AvgIpc) is 2.76. The molecule has 1 aliphatic heterocycles. The maximum atomic E-state index is 12.2. The number of benzene rings is 1. The van der Waals surface area contributed by atoms with Crippen LogP contribution in [0.4, 0.5) is 5.69 Å². The molecule has 0 spiro atoms. The summed E-state index contributed by atoms with van der Waals surface area (Å²) in [5.74, 6) is -0.516. The second-order valence-electron chi connectivity index (χ2n) is 5.28. The van der Waals surface area contributed by atoms with Crippen molar-refractivity contribution in [3.63, 3.8) is 0 Å². The van der Waals surface area contributed by atoms with E-state index < -0.39 is 10.0 Å². The van der Waals surface area contributed by atoms with Gasteiger partial charge in [-0.05, 0) is 17.5 Å². The largest absolute Gasteiger partial charge is 0.311 e. The highest BCUT2D eigenvalue weighted by molar-refractivity contribution is 7.89. The third kappa shape index (κ3) is 2.88. The van der Waals surface area contributed by atoms with E-state index in [2.05, 4.69) is 4.98 Å². The molecule has 110 valence electrons. The van der Waals surface area contributed by atoms with Gasteiger partial charge in [-0.1, -0.05) is 12.1 Å². The Balaban J connectivity index is 1.95. The topological polar surface area (TPSA) is 93.4 Å². The molecular weight excluding hydrogens is 290 g/mol. The first-order valence-corrected chi connectivity index (χ1v) is 8.29. The van der Waals surface area contributed by atoms with Gasteiger partial charge in [0.05, 0.1) is 11.4 Å². The van der Waals surface area contributed by atoms with Crippen LogP contribution in [0.5, 0.6) is 0 Å². The number of carbonyl (C=O) groups is 1. The van der Waals surface area contributed by atoms with Crippen molar-refractivity contribution >= 4 is 32.4 Å². The zero-order valence-electron chi connectivity index (χ0n) is 11.3. The van der Waals surface area contributed by atoms with Crippen molar-refractivity contribution in [1.29, 1.82) is 0 Å². The third-order valence-electron chi connectivity index (χ3n) is 3.62. The minimum absolute atomic E-state index is 0.0833. The molecule has 1 amide bonds. The molecule has 0 aliphatic carbocycles. The molecule has 3 rings (SSSR count). The number of pyridine rings is 1. The number of aromatic nitrogens is 1. The Bertz CT molecular complexity index is 799. The molecule has 1 saturated heterocycles. The fraction of sp³-hybridized carbons (Fsp3) is 0.286. The molecule has 0 radical (unpaired) electrons. The Kier molecular flexibility index (Phi) is 3.38. The molecule has 1 fully saturated rings. The lowest BCUT2D eigenvalue weighted by Gasteiger charge is -2.18.